The van der Waals surface area contributed by atoms with Crippen LogP contribution in [0.3, 0.4) is 0 Å². The van der Waals surface area contributed by atoms with Crippen LogP contribution in [-0.2, 0) is 6.18 Å². The van der Waals surface area contributed by atoms with Crippen molar-refractivity contribution in [2.45, 2.75) is 31.5 Å². The summed E-state index contributed by atoms with van der Waals surface area (Å²) in [4.78, 5) is 0. The highest BCUT2D eigenvalue weighted by Gasteiger charge is 2.32. The van der Waals surface area contributed by atoms with E-state index in [1.165, 1.54) is 6.07 Å². The van der Waals surface area contributed by atoms with Gasteiger partial charge in [-0.2, -0.15) is 13.2 Å². The molecule has 1 fully saturated rings. The molecule has 0 amide bonds. The van der Waals surface area contributed by atoms with E-state index >= 15 is 0 Å². The third-order valence-corrected chi connectivity index (χ3v) is 3.66. The SMILES string of the molecule is OC(CC1CC1)c1cc(C(F)(F)F)ccc1Br. The Kier molecular flexibility index (Phi) is 3.50. The molecule has 5 heteroatoms. The molecule has 1 N–H and O–H groups in total. The molecule has 0 aliphatic heterocycles. The molecule has 1 aromatic rings. The predicted molar refractivity (Wildman–Crippen MR) is 61.4 cm³/mol. The Morgan fingerprint density at radius 1 is 1.35 bits per heavy atom. The summed E-state index contributed by atoms with van der Waals surface area (Å²) in [5, 5.41) is 9.90. The molecule has 1 saturated carbocycles. The first-order valence-electron chi connectivity index (χ1n) is 5.42. The second kappa shape index (κ2) is 4.61. The van der Waals surface area contributed by atoms with E-state index < -0.39 is 17.8 Å². The predicted octanol–water partition coefficient (Wildman–Crippen LogP) is 4.30. The second-order valence-electron chi connectivity index (χ2n) is 4.43. The normalized spacial score (nSPS) is 18.2. The van der Waals surface area contributed by atoms with Crippen molar-refractivity contribution in [2.75, 3.05) is 0 Å². The number of aliphatic hydroxyl groups excluding tert-OH is 1. The van der Waals surface area contributed by atoms with Crippen LogP contribution in [0.15, 0.2) is 22.7 Å². The molecule has 17 heavy (non-hydrogen) atoms. The summed E-state index contributed by atoms with van der Waals surface area (Å²) >= 11 is 3.18. The highest BCUT2D eigenvalue weighted by molar-refractivity contribution is 9.10. The van der Waals surface area contributed by atoms with Gasteiger partial charge in [-0.05, 0) is 36.1 Å². The molecule has 1 unspecified atom stereocenters. The lowest BCUT2D eigenvalue weighted by atomic mass is 10.0. The van der Waals surface area contributed by atoms with Crippen LogP contribution in [0.2, 0.25) is 0 Å². The topological polar surface area (TPSA) is 20.2 Å². The Bertz CT molecular complexity index is 413. The Morgan fingerprint density at radius 3 is 2.53 bits per heavy atom. The van der Waals surface area contributed by atoms with Crippen molar-refractivity contribution in [3.63, 3.8) is 0 Å². The second-order valence-corrected chi connectivity index (χ2v) is 5.28. The lowest BCUT2D eigenvalue weighted by Crippen LogP contribution is -2.08. The molecule has 1 aromatic carbocycles. The lowest BCUT2D eigenvalue weighted by Gasteiger charge is -2.15. The van der Waals surface area contributed by atoms with Gasteiger partial charge in [-0.1, -0.05) is 28.8 Å². The number of alkyl halides is 3. The van der Waals surface area contributed by atoms with E-state index in [1.807, 2.05) is 0 Å². The van der Waals surface area contributed by atoms with Gasteiger partial charge in [-0.25, -0.2) is 0 Å². The van der Waals surface area contributed by atoms with E-state index in [-0.39, 0.29) is 0 Å². The Labute approximate surface area is 106 Å². The quantitative estimate of drug-likeness (QED) is 0.882. The lowest BCUT2D eigenvalue weighted by molar-refractivity contribution is -0.137. The highest BCUT2D eigenvalue weighted by Crippen LogP contribution is 2.40. The number of aliphatic hydroxyl groups is 1. The fourth-order valence-electron chi connectivity index (χ4n) is 1.77. The van der Waals surface area contributed by atoms with Gasteiger partial charge in [-0.3, -0.25) is 0 Å². The van der Waals surface area contributed by atoms with Crippen LogP contribution in [0.4, 0.5) is 13.2 Å². The van der Waals surface area contributed by atoms with E-state index in [0.29, 0.717) is 22.4 Å². The van der Waals surface area contributed by atoms with Gasteiger partial charge in [0.2, 0.25) is 0 Å². The third kappa shape index (κ3) is 3.22. The van der Waals surface area contributed by atoms with Gasteiger partial charge in [0.05, 0.1) is 11.7 Å². The maximum absolute atomic E-state index is 12.5. The molecule has 0 bridgehead atoms. The highest BCUT2D eigenvalue weighted by atomic mass is 79.9. The van der Waals surface area contributed by atoms with Gasteiger partial charge in [0.1, 0.15) is 0 Å². The Balaban J connectivity index is 2.24. The van der Waals surface area contributed by atoms with Gasteiger partial charge in [0, 0.05) is 4.47 Å². The van der Waals surface area contributed by atoms with Crippen molar-refractivity contribution in [3.05, 3.63) is 33.8 Å². The minimum atomic E-state index is -4.37. The van der Waals surface area contributed by atoms with E-state index in [4.69, 9.17) is 0 Å². The first kappa shape index (κ1) is 12.9. The van der Waals surface area contributed by atoms with Crippen LogP contribution in [-0.4, -0.2) is 5.11 Å². The summed E-state index contributed by atoms with van der Waals surface area (Å²) in [6.45, 7) is 0. The maximum Gasteiger partial charge on any atom is 0.416 e. The maximum atomic E-state index is 12.5. The van der Waals surface area contributed by atoms with Crippen molar-refractivity contribution in [3.8, 4) is 0 Å². The molecule has 0 aromatic heterocycles. The van der Waals surface area contributed by atoms with Gasteiger partial charge in [0.25, 0.3) is 0 Å². The average molecular weight is 309 g/mol. The van der Waals surface area contributed by atoms with Crippen molar-refractivity contribution < 1.29 is 18.3 Å². The third-order valence-electron chi connectivity index (χ3n) is 2.94. The molecule has 1 aliphatic carbocycles. The van der Waals surface area contributed by atoms with Gasteiger partial charge in [0.15, 0.2) is 0 Å². The van der Waals surface area contributed by atoms with Crippen molar-refractivity contribution in [2.24, 2.45) is 5.92 Å². The van der Waals surface area contributed by atoms with E-state index in [0.717, 1.165) is 25.0 Å². The largest absolute Gasteiger partial charge is 0.416 e. The number of halogens is 4. The minimum absolute atomic E-state index is 0.326. The molecule has 2 rings (SSSR count). The smallest absolute Gasteiger partial charge is 0.388 e. The molecule has 1 nitrogen and oxygen atoms in total. The van der Waals surface area contributed by atoms with Crippen molar-refractivity contribution in [1.29, 1.82) is 0 Å². The van der Waals surface area contributed by atoms with Gasteiger partial charge >= 0.3 is 6.18 Å². The number of benzene rings is 1. The Morgan fingerprint density at radius 2 is 2.00 bits per heavy atom. The molecule has 0 heterocycles. The van der Waals surface area contributed by atoms with Gasteiger partial charge in [-0.15, -0.1) is 0 Å². The zero-order valence-electron chi connectivity index (χ0n) is 8.97. The summed E-state index contributed by atoms with van der Waals surface area (Å²) in [7, 11) is 0. The molecule has 1 aliphatic rings. The van der Waals surface area contributed by atoms with E-state index in [2.05, 4.69) is 15.9 Å². The van der Waals surface area contributed by atoms with Crippen LogP contribution < -0.4 is 0 Å². The summed E-state index contributed by atoms with van der Waals surface area (Å²) in [6.07, 6.45) is -2.52. The Hall–Kier alpha value is -0.550. The number of rotatable bonds is 3. The monoisotopic (exact) mass is 308 g/mol. The first-order valence-corrected chi connectivity index (χ1v) is 6.22. The van der Waals surface area contributed by atoms with Crippen LogP contribution in [0.5, 0.6) is 0 Å². The molecule has 0 spiro atoms. The minimum Gasteiger partial charge on any atom is -0.388 e. The molecule has 94 valence electrons. The number of hydrogen-bond donors (Lipinski definition) is 1. The van der Waals surface area contributed by atoms with Crippen LogP contribution in [0.1, 0.15) is 36.5 Å². The van der Waals surface area contributed by atoms with Crippen molar-refractivity contribution >= 4 is 15.9 Å². The van der Waals surface area contributed by atoms with E-state index in [1.54, 1.807) is 0 Å². The zero-order chi connectivity index (χ0) is 12.6. The average Bonchev–Trinajstić information content (AvgIpc) is 3.00. The first-order chi connectivity index (χ1) is 7.88. The zero-order valence-corrected chi connectivity index (χ0v) is 10.6. The molecule has 0 radical (unpaired) electrons. The van der Waals surface area contributed by atoms with E-state index in [9.17, 15) is 18.3 Å². The summed E-state index contributed by atoms with van der Waals surface area (Å²) in [5.74, 6) is 0.464. The van der Waals surface area contributed by atoms with Crippen LogP contribution in [0.25, 0.3) is 0 Å². The van der Waals surface area contributed by atoms with Crippen molar-refractivity contribution in [1.82, 2.24) is 0 Å². The fourth-order valence-corrected chi connectivity index (χ4v) is 2.28. The van der Waals surface area contributed by atoms with Gasteiger partial charge < -0.3 is 5.11 Å². The van der Waals surface area contributed by atoms with Crippen LogP contribution >= 0.6 is 15.9 Å². The van der Waals surface area contributed by atoms with Crippen LogP contribution in [0, 0.1) is 5.92 Å². The summed E-state index contributed by atoms with van der Waals surface area (Å²) < 4.78 is 38.1. The molecule has 1 atom stereocenters. The molecular weight excluding hydrogens is 297 g/mol. The summed E-state index contributed by atoms with van der Waals surface area (Å²) in [5.41, 5.74) is -0.391. The standard InChI is InChI=1S/C12H12BrF3O/c13-10-4-3-8(12(14,15)16)6-9(10)11(17)5-7-1-2-7/h3-4,6-7,11,17H,1-2,5H2. The molecule has 0 saturated heterocycles. The molecular formula is C12H12BrF3O. The summed E-state index contributed by atoms with van der Waals surface area (Å²) in [6, 6.07) is 3.38. The fraction of sp³-hybridized carbons (Fsp3) is 0.500. The number of hydrogen-bond acceptors (Lipinski definition) is 1.